The standard InChI is InChI=1S/C13H16ClNO/c1-4-15(5-2)13(16)10(3)11-6-8-12(14)9-7-11/h6-9H,3-5H2,1-2H3. The van der Waals surface area contributed by atoms with E-state index in [4.69, 9.17) is 11.6 Å². The van der Waals surface area contributed by atoms with E-state index in [1.54, 1.807) is 17.0 Å². The molecule has 16 heavy (non-hydrogen) atoms. The summed E-state index contributed by atoms with van der Waals surface area (Å²) in [7, 11) is 0. The zero-order valence-corrected chi connectivity index (χ0v) is 10.4. The third-order valence-corrected chi connectivity index (χ3v) is 2.75. The summed E-state index contributed by atoms with van der Waals surface area (Å²) in [6.45, 7) is 9.14. The molecule has 1 amide bonds. The molecular formula is C13H16ClNO. The number of nitrogens with zero attached hydrogens (tertiary/aromatic N) is 1. The second kappa shape index (κ2) is 5.71. The van der Waals surface area contributed by atoms with Crippen molar-refractivity contribution < 1.29 is 4.79 Å². The lowest BCUT2D eigenvalue weighted by Gasteiger charge is -2.19. The minimum absolute atomic E-state index is 0.0210. The summed E-state index contributed by atoms with van der Waals surface area (Å²) >= 11 is 5.79. The van der Waals surface area contributed by atoms with Crippen molar-refractivity contribution >= 4 is 23.1 Å². The van der Waals surface area contributed by atoms with E-state index in [1.807, 2.05) is 26.0 Å². The molecule has 3 heteroatoms. The number of hydrogen-bond acceptors (Lipinski definition) is 1. The van der Waals surface area contributed by atoms with Crippen LogP contribution in [-0.2, 0) is 4.79 Å². The molecule has 0 atom stereocenters. The van der Waals surface area contributed by atoms with E-state index in [2.05, 4.69) is 6.58 Å². The van der Waals surface area contributed by atoms with Crippen LogP contribution in [0.4, 0.5) is 0 Å². The van der Waals surface area contributed by atoms with Crippen molar-refractivity contribution in [1.82, 2.24) is 4.90 Å². The van der Waals surface area contributed by atoms with Gasteiger partial charge in [0.05, 0.1) is 0 Å². The van der Waals surface area contributed by atoms with Crippen LogP contribution in [0.1, 0.15) is 19.4 Å². The molecule has 86 valence electrons. The summed E-state index contributed by atoms with van der Waals surface area (Å²) in [6.07, 6.45) is 0. The first-order chi connectivity index (χ1) is 7.60. The van der Waals surface area contributed by atoms with Crippen LogP contribution in [-0.4, -0.2) is 23.9 Å². The average Bonchev–Trinajstić information content (AvgIpc) is 2.30. The Morgan fingerprint density at radius 1 is 1.25 bits per heavy atom. The fourth-order valence-electron chi connectivity index (χ4n) is 1.48. The molecule has 0 saturated carbocycles. The number of carbonyl (C=O) groups is 1. The first-order valence-electron chi connectivity index (χ1n) is 5.34. The van der Waals surface area contributed by atoms with Gasteiger partial charge in [0.1, 0.15) is 0 Å². The molecule has 0 fully saturated rings. The minimum atomic E-state index is -0.0210. The number of amides is 1. The van der Waals surface area contributed by atoms with Gasteiger partial charge in [-0.15, -0.1) is 0 Å². The van der Waals surface area contributed by atoms with Gasteiger partial charge in [-0.05, 0) is 31.5 Å². The summed E-state index contributed by atoms with van der Waals surface area (Å²) in [5.74, 6) is -0.0210. The number of likely N-dealkylation sites (N-methyl/N-ethyl adjacent to an activating group) is 1. The molecule has 0 aliphatic carbocycles. The Morgan fingerprint density at radius 3 is 2.19 bits per heavy atom. The fourth-order valence-corrected chi connectivity index (χ4v) is 1.60. The van der Waals surface area contributed by atoms with E-state index >= 15 is 0 Å². The first-order valence-corrected chi connectivity index (χ1v) is 5.72. The predicted molar refractivity (Wildman–Crippen MR) is 68.4 cm³/mol. The normalized spacial score (nSPS) is 9.94. The SMILES string of the molecule is C=C(C(=O)N(CC)CC)c1ccc(Cl)cc1. The molecule has 0 heterocycles. The number of benzene rings is 1. The van der Waals surface area contributed by atoms with Crippen molar-refractivity contribution in [1.29, 1.82) is 0 Å². The highest BCUT2D eigenvalue weighted by molar-refractivity contribution is 6.30. The van der Waals surface area contributed by atoms with Gasteiger partial charge in [-0.1, -0.05) is 30.3 Å². The Kier molecular flexibility index (Phi) is 4.56. The number of carbonyl (C=O) groups excluding carboxylic acids is 1. The first kappa shape index (κ1) is 12.8. The Hall–Kier alpha value is -1.28. The Balaban J connectivity index is 2.85. The summed E-state index contributed by atoms with van der Waals surface area (Å²) < 4.78 is 0. The predicted octanol–water partition coefficient (Wildman–Crippen LogP) is 3.22. The van der Waals surface area contributed by atoms with E-state index in [0.29, 0.717) is 23.7 Å². The van der Waals surface area contributed by atoms with Gasteiger partial charge in [-0.25, -0.2) is 0 Å². The number of rotatable bonds is 4. The summed E-state index contributed by atoms with van der Waals surface area (Å²) in [5.41, 5.74) is 1.33. The van der Waals surface area contributed by atoms with E-state index in [9.17, 15) is 4.79 Å². The van der Waals surface area contributed by atoms with Crippen LogP contribution in [0.2, 0.25) is 5.02 Å². The molecule has 0 aromatic heterocycles. The van der Waals surface area contributed by atoms with Crippen LogP contribution >= 0.6 is 11.6 Å². The molecule has 0 aliphatic heterocycles. The van der Waals surface area contributed by atoms with Gasteiger partial charge >= 0.3 is 0 Å². The fraction of sp³-hybridized carbons (Fsp3) is 0.308. The quantitative estimate of drug-likeness (QED) is 0.737. The lowest BCUT2D eigenvalue weighted by molar-refractivity contribution is -0.124. The second-order valence-electron chi connectivity index (χ2n) is 3.46. The molecule has 1 rings (SSSR count). The van der Waals surface area contributed by atoms with E-state index in [1.165, 1.54) is 0 Å². The van der Waals surface area contributed by atoms with E-state index in [-0.39, 0.29) is 5.91 Å². The van der Waals surface area contributed by atoms with Gasteiger partial charge in [-0.2, -0.15) is 0 Å². The van der Waals surface area contributed by atoms with Crippen molar-refractivity contribution in [2.75, 3.05) is 13.1 Å². The number of halogens is 1. The highest BCUT2D eigenvalue weighted by atomic mass is 35.5. The lowest BCUT2D eigenvalue weighted by Crippen LogP contribution is -2.30. The summed E-state index contributed by atoms with van der Waals surface area (Å²) in [5, 5.41) is 0.659. The summed E-state index contributed by atoms with van der Waals surface area (Å²) in [4.78, 5) is 13.7. The van der Waals surface area contributed by atoms with E-state index < -0.39 is 0 Å². The highest BCUT2D eigenvalue weighted by Gasteiger charge is 2.14. The Labute approximate surface area is 102 Å². The monoisotopic (exact) mass is 237 g/mol. The van der Waals surface area contributed by atoms with Crippen LogP contribution in [0.15, 0.2) is 30.8 Å². The van der Waals surface area contributed by atoms with E-state index in [0.717, 1.165) is 5.56 Å². The molecule has 1 aromatic rings. The zero-order chi connectivity index (χ0) is 12.1. The topological polar surface area (TPSA) is 20.3 Å². The van der Waals surface area contributed by atoms with Crippen LogP contribution in [0.5, 0.6) is 0 Å². The smallest absolute Gasteiger partial charge is 0.253 e. The third-order valence-electron chi connectivity index (χ3n) is 2.50. The van der Waals surface area contributed by atoms with Gasteiger partial charge in [0.2, 0.25) is 0 Å². The molecular weight excluding hydrogens is 222 g/mol. The van der Waals surface area contributed by atoms with Crippen molar-refractivity contribution in [3.05, 3.63) is 41.4 Å². The van der Waals surface area contributed by atoms with Crippen molar-refractivity contribution in [2.45, 2.75) is 13.8 Å². The van der Waals surface area contributed by atoms with Gasteiger partial charge in [-0.3, -0.25) is 4.79 Å². The molecule has 0 N–H and O–H groups in total. The third kappa shape index (κ3) is 2.86. The molecule has 0 unspecified atom stereocenters. The van der Waals surface area contributed by atoms with Crippen molar-refractivity contribution in [3.63, 3.8) is 0 Å². The van der Waals surface area contributed by atoms with Gasteiger partial charge in [0.25, 0.3) is 5.91 Å². The van der Waals surface area contributed by atoms with Crippen LogP contribution < -0.4 is 0 Å². The van der Waals surface area contributed by atoms with Crippen LogP contribution in [0, 0.1) is 0 Å². The van der Waals surface area contributed by atoms with Gasteiger partial charge in [0, 0.05) is 23.7 Å². The molecule has 2 nitrogen and oxygen atoms in total. The van der Waals surface area contributed by atoms with Crippen molar-refractivity contribution in [3.8, 4) is 0 Å². The summed E-state index contributed by atoms with van der Waals surface area (Å²) in [6, 6.07) is 7.15. The molecule has 0 bridgehead atoms. The average molecular weight is 238 g/mol. The maximum Gasteiger partial charge on any atom is 0.253 e. The van der Waals surface area contributed by atoms with Crippen molar-refractivity contribution in [2.24, 2.45) is 0 Å². The Morgan fingerprint density at radius 2 is 1.75 bits per heavy atom. The zero-order valence-electron chi connectivity index (χ0n) is 9.66. The molecule has 0 saturated heterocycles. The second-order valence-corrected chi connectivity index (χ2v) is 3.90. The van der Waals surface area contributed by atoms with Crippen LogP contribution in [0.3, 0.4) is 0 Å². The Bertz CT molecular complexity index is 379. The number of hydrogen-bond donors (Lipinski definition) is 0. The highest BCUT2D eigenvalue weighted by Crippen LogP contribution is 2.18. The van der Waals surface area contributed by atoms with Gasteiger partial charge in [0.15, 0.2) is 0 Å². The maximum atomic E-state index is 12.0. The molecule has 0 aliphatic rings. The van der Waals surface area contributed by atoms with Gasteiger partial charge < -0.3 is 4.90 Å². The van der Waals surface area contributed by atoms with Crippen LogP contribution in [0.25, 0.3) is 5.57 Å². The maximum absolute atomic E-state index is 12.0. The molecule has 1 aromatic carbocycles. The molecule has 0 spiro atoms. The molecule has 0 radical (unpaired) electrons. The lowest BCUT2D eigenvalue weighted by atomic mass is 10.1. The largest absolute Gasteiger partial charge is 0.339 e. The minimum Gasteiger partial charge on any atom is -0.339 e.